The second-order valence-electron chi connectivity index (χ2n) is 0.937. The summed E-state index contributed by atoms with van der Waals surface area (Å²) in [4.78, 5) is 9.93. The lowest BCUT2D eigenvalue weighted by Gasteiger charge is -1.90. The number of nitriles is 1. The van der Waals surface area contributed by atoms with E-state index in [4.69, 9.17) is 16.9 Å². The van der Waals surface area contributed by atoms with Gasteiger partial charge in [-0.05, 0) is 0 Å². The van der Waals surface area contributed by atoms with Crippen molar-refractivity contribution in [1.82, 2.24) is 0 Å². The van der Waals surface area contributed by atoms with Crippen molar-refractivity contribution in [3.05, 3.63) is 0 Å². The van der Waals surface area contributed by atoms with E-state index in [0.717, 1.165) is 0 Å². The van der Waals surface area contributed by atoms with Gasteiger partial charge in [-0.25, -0.2) is 4.79 Å². The maximum absolute atomic E-state index is 9.93. The number of rotatable bonds is 2. The van der Waals surface area contributed by atoms with Crippen LogP contribution in [0.5, 0.6) is 0 Å². The molecule has 0 radical (unpaired) electrons. The predicted octanol–water partition coefficient (Wildman–Crippen LogP) is 0.292. The Hall–Kier alpha value is -0.750. The highest BCUT2D eigenvalue weighted by Gasteiger charge is 1.94. The lowest BCUT2D eigenvalue weighted by atomic mass is 10.7. The van der Waals surface area contributed by atoms with E-state index in [0.29, 0.717) is 0 Å². The molecular weight excluding hydrogens is 130 g/mol. The summed E-state index contributed by atoms with van der Waals surface area (Å²) < 4.78 is 4.21. The van der Waals surface area contributed by atoms with Crippen LogP contribution >= 0.6 is 11.6 Å². The minimum atomic E-state index is -0.884. The van der Waals surface area contributed by atoms with Crippen LogP contribution in [0, 0.1) is 11.3 Å². The average Bonchev–Trinajstić information content (AvgIpc) is 1.83. The normalized spacial score (nSPS) is 7.50. The quantitative estimate of drug-likeness (QED) is 0.309. The molecule has 0 atom stereocenters. The van der Waals surface area contributed by atoms with Crippen molar-refractivity contribution in [1.29, 1.82) is 5.26 Å². The third-order valence-corrected chi connectivity index (χ3v) is 0.556. The van der Waals surface area contributed by atoms with Gasteiger partial charge in [-0.3, -0.25) is 0 Å². The topological polar surface area (TPSA) is 50.1 Å². The van der Waals surface area contributed by atoms with Gasteiger partial charge < -0.3 is 4.74 Å². The molecule has 0 amide bonds. The van der Waals surface area contributed by atoms with E-state index in [1.54, 1.807) is 0 Å². The number of halogens is 1. The molecule has 44 valence electrons. The van der Waals surface area contributed by atoms with Crippen molar-refractivity contribution in [3.63, 3.8) is 0 Å². The fourth-order valence-electron chi connectivity index (χ4n) is 0.164. The van der Waals surface area contributed by atoms with Crippen molar-refractivity contribution < 1.29 is 9.53 Å². The summed E-state index contributed by atoms with van der Waals surface area (Å²) in [5.41, 5.74) is 0. The number of alkyl halides is 1. The summed E-state index contributed by atoms with van der Waals surface area (Å²) >= 11 is 5.12. The number of carbonyl (C=O) groups excluding carboxylic acids is 1. The zero-order valence-electron chi connectivity index (χ0n) is 4.06. The van der Waals surface area contributed by atoms with Gasteiger partial charge in [-0.2, -0.15) is 5.26 Å². The van der Waals surface area contributed by atoms with Crippen LogP contribution in [0.2, 0.25) is 0 Å². The molecule has 0 N–H and O–H groups in total. The number of hydrogen-bond donors (Lipinski definition) is 0. The fraction of sp³-hybridized carbons (Fsp3) is 0.500. The summed E-state index contributed by atoms with van der Waals surface area (Å²) in [7, 11) is 0. The van der Waals surface area contributed by atoms with Crippen LogP contribution in [-0.4, -0.2) is 18.5 Å². The lowest BCUT2D eigenvalue weighted by molar-refractivity contribution is -0.136. The molecule has 0 rings (SSSR count). The minimum absolute atomic E-state index is 0.105. The molecule has 8 heavy (non-hydrogen) atoms. The number of carbonyl (C=O) groups is 1. The Morgan fingerprint density at radius 1 is 1.88 bits per heavy atom. The number of nitrogens with zero attached hydrogens (tertiary/aromatic N) is 1. The molecule has 0 aliphatic rings. The molecule has 4 heteroatoms. The highest BCUT2D eigenvalue weighted by molar-refractivity contribution is 6.18. The van der Waals surface area contributed by atoms with E-state index in [2.05, 4.69) is 4.74 Å². The van der Waals surface area contributed by atoms with Gasteiger partial charge in [-0.1, -0.05) is 0 Å². The number of hydrogen-bond acceptors (Lipinski definition) is 3. The Kier molecular flexibility index (Phi) is 4.00. The van der Waals surface area contributed by atoms with Gasteiger partial charge >= 0.3 is 5.97 Å². The molecule has 0 saturated heterocycles. The van der Waals surface area contributed by atoms with Gasteiger partial charge in [0.15, 0.2) is 6.07 Å². The molecule has 0 bridgehead atoms. The molecule has 0 aliphatic carbocycles. The monoisotopic (exact) mass is 133 g/mol. The number of esters is 1. The molecular formula is C4H4ClNO2. The maximum Gasteiger partial charge on any atom is 0.411 e. The van der Waals surface area contributed by atoms with Crippen molar-refractivity contribution in [2.24, 2.45) is 0 Å². The minimum Gasteiger partial charge on any atom is -0.453 e. The first-order chi connectivity index (χ1) is 3.81. The molecule has 0 spiro atoms. The van der Waals surface area contributed by atoms with Crippen LogP contribution < -0.4 is 0 Å². The SMILES string of the molecule is N#CC(=O)OCCCl. The van der Waals surface area contributed by atoms with Gasteiger partial charge in [0.25, 0.3) is 0 Å². The average molecular weight is 134 g/mol. The van der Waals surface area contributed by atoms with Crippen LogP contribution in [0.1, 0.15) is 0 Å². The van der Waals surface area contributed by atoms with Crippen LogP contribution in [0.15, 0.2) is 0 Å². The predicted molar refractivity (Wildman–Crippen MR) is 27.3 cm³/mol. The maximum atomic E-state index is 9.93. The van der Waals surface area contributed by atoms with E-state index in [-0.39, 0.29) is 12.5 Å². The molecule has 0 aromatic carbocycles. The molecule has 0 fully saturated rings. The smallest absolute Gasteiger partial charge is 0.411 e. The largest absolute Gasteiger partial charge is 0.453 e. The summed E-state index contributed by atoms with van der Waals surface area (Å²) in [5, 5.41) is 7.79. The summed E-state index contributed by atoms with van der Waals surface area (Å²) in [6.07, 6.45) is 0. The summed E-state index contributed by atoms with van der Waals surface area (Å²) in [5.74, 6) is -0.654. The van der Waals surface area contributed by atoms with Gasteiger partial charge in [-0.15, -0.1) is 11.6 Å². The van der Waals surface area contributed by atoms with Crippen LogP contribution in [0.4, 0.5) is 0 Å². The molecule has 0 heterocycles. The van der Waals surface area contributed by atoms with E-state index in [1.165, 1.54) is 6.07 Å². The fourth-order valence-corrected chi connectivity index (χ4v) is 0.241. The second kappa shape index (κ2) is 4.41. The van der Waals surface area contributed by atoms with E-state index in [1.807, 2.05) is 0 Å². The Morgan fingerprint density at radius 2 is 2.50 bits per heavy atom. The third kappa shape index (κ3) is 3.44. The van der Waals surface area contributed by atoms with Crippen LogP contribution in [-0.2, 0) is 9.53 Å². The Morgan fingerprint density at radius 3 is 2.88 bits per heavy atom. The van der Waals surface area contributed by atoms with Gasteiger partial charge in [0.2, 0.25) is 0 Å². The van der Waals surface area contributed by atoms with E-state index >= 15 is 0 Å². The van der Waals surface area contributed by atoms with Crippen molar-refractivity contribution in [3.8, 4) is 6.07 Å². The number of ether oxygens (including phenoxy) is 1. The molecule has 0 saturated carbocycles. The molecule has 0 aromatic rings. The Labute approximate surface area is 51.8 Å². The van der Waals surface area contributed by atoms with Crippen molar-refractivity contribution >= 4 is 17.6 Å². The van der Waals surface area contributed by atoms with Gasteiger partial charge in [0.1, 0.15) is 6.61 Å². The Bertz CT molecular complexity index is 118. The van der Waals surface area contributed by atoms with Gasteiger partial charge in [0.05, 0.1) is 5.88 Å². The van der Waals surface area contributed by atoms with Crippen LogP contribution in [0.25, 0.3) is 0 Å². The highest BCUT2D eigenvalue weighted by atomic mass is 35.5. The summed E-state index contributed by atoms with van der Waals surface area (Å²) in [6.45, 7) is 0.105. The molecule has 0 aliphatic heterocycles. The van der Waals surface area contributed by atoms with E-state index < -0.39 is 5.97 Å². The third-order valence-electron chi connectivity index (χ3n) is 0.402. The first-order valence-corrected chi connectivity index (χ1v) is 2.47. The lowest BCUT2D eigenvalue weighted by Crippen LogP contribution is -2.02. The standard InChI is InChI=1S/C4H4ClNO2/c5-1-2-8-4(7)3-6/h1-2H2. The van der Waals surface area contributed by atoms with Gasteiger partial charge in [0, 0.05) is 0 Å². The second-order valence-corrected chi connectivity index (χ2v) is 1.31. The van der Waals surface area contributed by atoms with E-state index in [9.17, 15) is 4.79 Å². The van der Waals surface area contributed by atoms with Crippen LogP contribution in [0.3, 0.4) is 0 Å². The first kappa shape index (κ1) is 7.25. The molecule has 0 aromatic heterocycles. The highest BCUT2D eigenvalue weighted by Crippen LogP contribution is 1.78. The first-order valence-electron chi connectivity index (χ1n) is 1.94. The molecule has 0 unspecified atom stereocenters. The van der Waals surface area contributed by atoms with Crippen molar-refractivity contribution in [2.75, 3.05) is 12.5 Å². The zero-order chi connectivity index (χ0) is 6.41. The Balaban J connectivity index is 3.16. The summed E-state index contributed by atoms with van der Waals surface area (Å²) in [6, 6.07) is 1.28. The van der Waals surface area contributed by atoms with Crippen molar-refractivity contribution in [2.45, 2.75) is 0 Å². The zero-order valence-corrected chi connectivity index (χ0v) is 4.81. The molecule has 3 nitrogen and oxygen atoms in total.